The van der Waals surface area contributed by atoms with Crippen LogP contribution in [0.1, 0.15) is 9.67 Å². The van der Waals surface area contributed by atoms with Crippen LogP contribution in [-0.2, 0) is 4.74 Å². The van der Waals surface area contributed by atoms with Crippen LogP contribution in [0.3, 0.4) is 0 Å². The Morgan fingerprint density at radius 3 is 2.76 bits per heavy atom. The minimum absolute atomic E-state index is 0.0224. The van der Waals surface area contributed by atoms with Gasteiger partial charge in [0.05, 0.1) is 12.0 Å². The van der Waals surface area contributed by atoms with Gasteiger partial charge in [-0.3, -0.25) is 10.1 Å². The predicted molar refractivity (Wildman–Crippen MR) is 76.6 cm³/mol. The fraction of sp³-hybridized carbons (Fsp3) is 0.0909. The van der Waals surface area contributed by atoms with Crippen molar-refractivity contribution in [2.24, 2.45) is 0 Å². The summed E-state index contributed by atoms with van der Waals surface area (Å²) in [5.41, 5.74) is -0.326. The molecule has 2 rings (SSSR count). The van der Waals surface area contributed by atoms with E-state index in [1.165, 1.54) is 19.2 Å². The van der Waals surface area contributed by atoms with Crippen molar-refractivity contribution in [1.29, 1.82) is 0 Å². The molecule has 110 valence electrons. The predicted octanol–water partition coefficient (Wildman–Crippen LogP) is 3.94. The maximum atomic E-state index is 11.4. The maximum absolute atomic E-state index is 11.4. The van der Waals surface area contributed by atoms with Crippen LogP contribution >= 0.6 is 34.5 Å². The highest BCUT2D eigenvalue weighted by Crippen LogP contribution is 2.37. The van der Waals surface area contributed by atoms with Gasteiger partial charge >= 0.3 is 11.7 Å². The highest BCUT2D eigenvalue weighted by atomic mass is 35.5. The van der Waals surface area contributed by atoms with Crippen LogP contribution < -0.4 is 4.74 Å². The molecule has 0 fully saturated rings. The summed E-state index contributed by atoms with van der Waals surface area (Å²) < 4.78 is 9.82. The number of nitro groups is 1. The second-order valence-corrected chi connectivity index (χ2v) is 5.32. The van der Waals surface area contributed by atoms with Crippen molar-refractivity contribution in [1.82, 2.24) is 4.98 Å². The Morgan fingerprint density at radius 1 is 1.43 bits per heavy atom. The number of rotatable bonds is 4. The molecular weight excluding hydrogens is 343 g/mol. The van der Waals surface area contributed by atoms with E-state index in [0.29, 0.717) is 0 Å². The van der Waals surface area contributed by atoms with Gasteiger partial charge in [-0.2, -0.15) is 4.98 Å². The number of thiazole rings is 1. The molecule has 1 heterocycles. The summed E-state index contributed by atoms with van der Waals surface area (Å²) in [5.74, 6) is -0.732. The third kappa shape index (κ3) is 3.41. The molecule has 1 aromatic carbocycles. The molecule has 0 saturated carbocycles. The minimum atomic E-state index is -0.669. The number of nitrogens with zero attached hydrogens (tertiary/aromatic N) is 2. The number of ether oxygens (including phenoxy) is 2. The second-order valence-electron chi connectivity index (χ2n) is 3.56. The number of nitro benzene ring substituents is 1. The lowest BCUT2D eigenvalue weighted by Gasteiger charge is -2.02. The number of esters is 1. The number of carbonyl (C=O) groups excluding carboxylic acids is 1. The van der Waals surface area contributed by atoms with Crippen molar-refractivity contribution in [3.63, 3.8) is 0 Å². The highest BCUT2D eigenvalue weighted by molar-refractivity contribution is 7.15. The Kier molecular flexibility index (Phi) is 4.61. The molecule has 0 bridgehead atoms. The summed E-state index contributed by atoms with van der Waals surface area (Å²) in [6, 6.07) is 3.90. The van der Waals surface area contributed by atoms with Crippen molar-refractivity contribution in [3.05, 3.63) is 43.4 Å². The molecule has 2 aromatic rings. The summed E-state index contributed by atoms with van der Waals surface area (Å²) in [7, 11) is 1.20. The van der Waals surface area contributed by atoms with Crippen molar-refractivity contribution in [2.75, 3.05) is 7.11 Å². The molecule has 0 aliphatic rings. The van der Waals surface area contributed by atoms with E-state index >= 15 is 0 Å². The van der Waals surface area contributed by atoms with E-state index in [2.05, 4.69) is 9.72 Å². The van der Waals surface area contributed by atoms with Gasteiger partial charge in [0.1, 0.15) is 0 Å². The lowest BCUT2D eigenvalue weighted by Crippen LogP contribution is -1.98. The quantitative estimate of drug-likeness (QED) is 0.472. The molecule has 1 aromatic heterocycles. The summed E-state index contributed by atoms with van der Waals surface area (Å²) in [6.45, 7) is 0. The maximum Gasteiger partial charge on any atom is 0.351 e. The SMILES string of the molecule is COC(=O)c1sc(Oc2ccc(Cl)cc2[N+](=O)[O-])nc1Cl. The largest absolute Gasteiger partial charge is 0.465 e. The smallest absolute Gasteiger partial charge is 0.351 e. The number of methoxy groups -OCH3 is 1. The van der Waals surface area contributed by atoms with Crippen LogP contribution in [0.15, 0.2) is 18.2 Å². The molecule has 0 radical (unpaired) electrons. The highest BCUT2D eigenvalue weighted by Gasteiger charge is 2.22. The number of aromatic nitrogens is 1. The summed E-state index contributed by atoms with van der Waals surface area (Å²) in [5, 5.41) is 11.0. The molecule has 0 spiro atoms. The summed E-state index contributed by atoms with van der Waals surface area (Å²) in [6.07, 6.45) is 0. The number of hydrogen-bond acceptors (Lipinski definition) is 7. The third-order valence-corrected chi connectivity index (χ3v) is 3.79. The number of carbonyl (C=O) groups is 1. The van der Waals surface area contributed by atoms with Gasteiger partial charge in [-0.25, -0.2) is 4.79 Å². The molecule has 0 N–H and O–H groups in total. The molecular formula is C11H6Cl2N2O5S. The first-order valence-electron chi connectivity index (χ1n) is 5.28. The zero-order chi connectivity index (χ0) is 15.6. The lowest BCUT2D eigenvalue weighted by atomic mass is 10.3. The van der Waals surface area contributed by atoms with Crippen LogP contribution in [0.25, 0.3) is 0 Å². The molecule has 0 unspecified atom stereocenters. The second kappa shape index (κ2) is 6.25. The Balaban J connectivity index is 2.35. The fourth-order valence-corrected chi connectivity index (χ4v) is 2.58. The third-order valence-electron chi connectivity index (χ3n) is 2.25. The van der Waals surface area contributed by atoms with E-state index in [1.807, 2.05) is 0 Å². The number of hydrogen-bond donors (Lipinski definition) is 0. The standard InChI is InChI=1S/C11H6Cl2N2O5S/c1-19-10(16)8-9(13)14-11(21-8)20-7-3-2-5(12)4-6(7)15(17)18/h2-4H,1H3. The van der Waals surface area contributed by atoms with Crippen molar-refractivity contribution in [2.45, 2.75) is 0 Å². The van der Waals surface area contributed by atoms with Gasteiger partial charge < -0.3 is 9.47 Å². The Hall–Kier alpha value is -1.90. The van der Waals surface area contributed by atoms with Crippen molar-refractivity contribution >= 4 is 46.2 Å². The molecule has 0 saturated heterocycles. The van der Waals surface area contributed by atoms with Crippen molar-refractivity contribution in [3.8, 4) is 10.9 Å². The van der Waals surface area contributed by atoms with Gasteiger partial charge in [-0.1, -0.05) is 34.5 Å². The van der Waals surface area contributed by atoms with E-state index in [4.69, 9.17) is 27.9 Å². The first-order chi connectivity index (χ1) is 9.92. The van der Waals surface area contributed by atoms with E-state index in [1.54, 1.807) is 0 Å². The van der Waals surface area contributed by atoms with Crippen LogP contribution in [0.4, 0.5) is 5.69 Å². The molecule has 21 heavy (non-hydrogen) atoms. The minimum Gasteiger partial charge on any atom is -0.465 e. The molecule has 0 atom stereocenters. The van der Waals surface area contributed by atoms with E-state index < -0.39 is 10.9 Å². The molecule has 0 amide bonds. The Morgan fingerprint density at radius 2 is 2.14 bits per heavy atom. The zero-order valence-corrected chi connectivity index (χ0v) is 12.7. The van der Waals surface area contributed by atoms with Crippen LogP contribution in [0.5, 0.6) is 10.9 Å². The van der Waals surface area contributed by atoms with Gasteiger partial charge in [0, 0.05) is 11.1 Å². The first kappa shape index (κ1) is 15.5. The fourth-order valence-electron chi connectivity index (χ4n) is 1.36. The monoisotopic (exact) mass is 348 g/mol. The van der Waals surface area contributed by atoms with Gasteiger partial charge in [0.15, 0.2) is 10.0 Å². The molecule has 0 aliphatic heterocycles. The average Bonchev–Trinajstić information content (AvgIpc) is 2.80. The Labute approximate surface area is 132 Å². The van der Waals surface area contributed by atoms with Gasteiger partial charge in [-0.15, -0.1) is 0 Å². The number of benzene rings is 1. The topological polar surface area (TPSA) is 91.6 Å². The van der Waals surface area contributed by atoms with Gasteiger partial charge in [0.25, 0.3) is 5.19 Å². The summed E-state index contributed by atoms with van der Waals surface area (Å²) in [4.78, 5) is 25.6. The van der Waals surface area contributed by atoms with E-state index in [9.17, 15) is 14.9 Å². The zero-order valence-electron chi connectivity index (χ0n) is 10.3. The van der Waals surface area contributed by atoms with E-state index in [0.717, 1.165) is 17.4 Å². The molecule has 7 nitrogen and oxygen atoms in total. The van der Waals surface area contributed by atoms with Crippen molar-refractivity contribution < 1.29 is 19.2 Å². The lowest BCUT2D eigenvalue weighted by molar-refractivity contribution is -0.385. The Bertz CT molecular complexity index is 719. The number of halogens is 2. The first-order valence-corrected chi connectivity index (χ1v) is 6.86. The van der Waals surface area contributed by atoms with Crippen LogP contribution in [-0.4, -0.2) is 23.0 Å². The molecule has 0 aliphatic carbocycles. The normalized spacial score (nSPS) is 10.2. The summed E-state index contributed by atoms with van der Waals surface area (Å²) >= 11 is 12.3. The van der Waals surface area contributed by atoms with Crippen LogP contribution in [0, 0.1) is 10.1 Å². The molecule has 10 heteroatoms. The van der Waals surface area contributed by atoms with Gasteiger partial charge in [0.2, 0.25) is 5.75 Å². The van der Waals surface area contributed by atoms with E-state index in [-0.39, 0.29) is 31.7 Å². The van der Waals surface area contributed by atoms with Gasteiger partial charge in [-0.05, 0) is 12.1 Å². The van der Waals surface area contributed by atoms with Crippen LogP contribution in [0.2, 0.25) is 10.2 Å². The average molecular weight is 349 g/mol.